The van der Waals surface area contributed by atoms with E-state index in [0.29, 0.717) is 93.7 Å². The number of amides is 6. The van der Waals surface area contributed by atoms with Crippen molar-refractivity contribution in [3.05, 3.63) is 69.4 Å². The highest BCUT2D eigenvalue weighted by molar-refractivity contribution is 14.1. The molecule has 3 saturated heterocycles. The molecule has 7 N–H and O–H groups in total. The van der Waals surface area contributed by atoms with Crippen LogP contribution < -0.4 is 26.0 Å². The number of hydrogen-bond acceptors (Lipinski definition) is 18. The molecule has 92 heavy (non-hydrogen) atoms. The monoisotopic (exact) mass is 1420 g/mol. The number of benzene rings is 2. The molecule has 6 rings (SSSR count). The summed E-state index contributed by atoms with van der Waals surface area (Å²) >= 11 is 3.64. The summed E-state index contributed by atoms with van der Waals surface area (Å²) in [4.78, 5) is 131. The fraction of sp³-hybridized carbons (Fsp3) is 0.597. The zero-order valence-electron chi connectivity index (χ0n) is 51.9. The normalized spacial score (nSPS) is 17.6. The molecule has 6 amide bonds. The number of aliphatic carboxylic acids is 3. The first-order valence-corrected chi connectivity index (χ1v) is 33.4. The molecule has 4 heterocycles. The number of carbonyl (C=O) groups excluding carboxylic acids is 6. The Hall–Kier alpha value is -6.89. The van der Waals surface area contributed by atoms with Crippen LogP contribution in [0.1, 0.15) is 73.7 Å². The number of hydrogen-bond donors (Lipinski definition) is 7. The number of piperazine rings is 1. The molecule has 3 fully saturated rings. The van der Waals surface area contributed by atoms with Gasteiger partial charge in [0.2, 0.25) is 29.5 Å². The number of carboxylic acids is 3. The van der Waals surface area contributed by atoms with Gasteiger partial charge in [0.15, 0.2) is 0 Å². The van der Waals surface area contributed by atoms with Crippen molar-refractivity contribution in [2.24, 2.45) is 0 Å². The number of nitrogens with zero attached hydrogens (tertiary/aromatic N) is 9. The Morgan fingerprint density at radius 2 is 1.30 bits per heavy atom. The summed E-state index contributed by atoms with van der Waals surface area (Å²) in [6.07, 6.45) is 6.32. The minimum atomic E-state index is -3.17. The SMILES string of the molecule is N#C[C@H]1CC(F)(F)CN1C(=O)CNC(=O)c1ccnc2ccc(OCCCCN3CCN(C(=O)CCCCCNC(=O)C(CSCCNC(=O)CCCc4ccc(I)cc4)NC(=O)CN4CCN(CC(=O)O)CCN(CC(=O)O)CCN(CC(=O)O)CC4)CC3)cc12. The van der Waals surface area contributed by atoms with Crippen LogP contribution in [0.15, 0.2) is 54.7 Å². The quantitative estimate of drug-likeness (QED) is 0.0333. The maximum absolute atomic E-state index is 13.9. The van der Waals surface area contributed by atoms with Crippen LogP contribution in [0.25, 0.3) is 10.9 Å². The number of carboxylic acid groups (broad SMARTS) is 3. The topological polar surface area (TPSA) is 331 Å². The Morgan fingerprint density at radius 3 is 1.92 bits per heavy atom. The fourth-order valence-electron chi connectivity index (χ4n) is 10.9. The average molecular weight is 1420 g/mol. The molecule has 3 aliphatic heterocycles. The van der Waals surface area contributed by atoms with E-state index in [4.69, 9.17) is 4.74 Å². The zero-order chi connectivity index (χ0) is 66.4. The molecule has 2 atom stereocenters. The van der Waals surface area contributed by atoms with Gasteiger partial charge in [-0.15, -0.1) is 0 Å². The van der Waals surface area contributed by atoms with E-state index in [1.807, 2.05) is 29.2 Å². The fourth-order valence-corrected chi connectivity index (χ4v) is 12.2. The van der Waals surface area contributed by atoms with Gasteiger partial charge in [0.05, 0.1) is 63.0 Å². The maximum Gasteiger partial charge on any atom is 0.317 e. The highest BCUT2D eigenvalue weighted by atomic mass is 127. The zero-order valence-corrected chi connectivity index (χ0v) is 54.9. The first kappa shape index (κ1) is 74.2. The molecule has 3 aromatic rings. The third-order valence-corrected chi connectivity index (χ3v) is 17.8. The summed E-state index contributed by atoms with van der Waals surface area (Å²) in [6, 6.07) is 14.3. The van der Waals surface area contributed by atoms with Crippen molar-refractivity contribution in [1.29, 1.82) is 5.26 Å². The van der Waals surface area contributed by atoms with Crippen molar-refractivity contribution in [1.82, 2.24) is 60.6 Å². The number of alkyl halides is 2. The van der Waals surface area contributed by atoms with E-state index in [1.165, 1.54) is 24.0 Å². The van der Waals surface area contributed by atoms with E-state index >= 15 is 0 Å². The number of nitriles is 1. The summed E-state index contributed by atoms with van der Waals surface area (Å²) in [5.74, 6) is -7.51. The van der Waals surface area contributed by atoms with Crippen molar-refractivity contribution in [3.63, 3.8) is 0 Å². The van der Waals surface area contributed by atoms with Crippen molar-refractivity contribution in [2.45, 2.75) is 82.2 Å². The molecule has 504 valence electrons. The second kappa shape index (κ2) is 39.0. The molecular weight excluding hydrogens is 1330 g/mol. The Balaban J connectivity index is 0.908. The third kappa shape index (κ3) is 27.0. The van der Waals surface area contributed by atoms with Crippen LogP contribution in [0.2, 0.25) is 0 Å². The number of ether oxygens (including phenoxy) is 1. The summed E-state index contributed by atoms with van der Waals surface area (Å²) in [5, 5.41) is 49.8. The molecule has 0 radical (unpaired) electrons. The predicted molar refractivity (Wildman–Crippen MR) is 347 cm³/mol. The van der Waals surface area contributed by atoms with E-state index < -0.39 is 79.1 Å². The van der Waals surface area contributed by atoms with E-state index in [1.54, 1.807) is 43.9 Å². The van der Waals surface area contributed by atoms with Crippen molar-refractivity contribution in [2.75, 3.05) is 156 Å². The minimum Gasteiger partial charge on any atom is -0.494 e. The molecule has 0 bridgehead atoms. The van der Waals surface area contributed by atoms with Gasteiger partial charge in [-0.3, -0.25) is 72.6 Å². The summed E-state index contributed by atoms with van der Waals surface area (Å²) < 4.78 is 35.0. The second-order valence-electron chi connectivity index (χ2n) is 23.1. The number of halogens is 3. The second-order valence-corrected chi connectivity index (χ2v) is 25.5. The lowest BCUT2D eigenvalue weighted by atomic mass is 10.1. The molecule has 1 aromatic heterocycles. The number of fused-ring (bicyclic) bond motifs is 1. The van der Waals surface area contributed by atoms with E-state index in [9.17, 15) is 72.5 Å². The average Bonchev–Trinajstić information content (AvgIpc) is 1.31. The lowest BCUT2D eigenvalue weighted by molar-refractivity contribution is -0.140. The molecule has 0 spiro atoms. The third-order valence-electron chi connectivity index (χ3n) is 16.0. The first-order chi connectivity index (χ1) is 44.1. The molecule has 26 nitrogen and oxygen atoms in total. The van der Waals surface area contributed by atoms with E-state index in [2.05, 4.69) is 53.7 Å². The summed E-state index contributed by atoms with van der Waals surface area (Å²) in [6.45, 7) is 3.69. The van der Waals surface area contributed by atoms with Crippen LogP contribution in [0.3, 0.4) is 0 Å². The van der Waals surface area contributed by atoms with Gasteiger partial charge in [0.25, 0.3) is 11.8 Å². The van der Waals surface area contributed by atoms with Gasteiger partial charge in [-0.2, -0.15) is 17.0 Å². The number of aryl methyl sites for hydroxylation is 1. The van der Waals surface area contributed by atoms with Crippen molar-refractivity contribution < 1.29 is 72.0 Å². The number of nitrogens with one attached hydrogen (secondary N) is 4. The number of carbonyl (C=O) groups is 9. The number of unbranched alkanes of at least 4 members (excludes halogenated alkanes) is 3. The van der Waals surface area contributed by atoms with Crippen LogP contribution >= 0.6 is 34.4 Å². The highest BCUT2D eigenvalue weighted by Gasteiger charge is 2.47. The molecule has 30 heteroatoms. The van der Waals surface area contributed by atoms with Crippen LogP contribution in [0, 0.1) is 14.9 Å². The van der Waals surface area contributed by atoms with Crippen LogP contribution in [0.5, 0.6) is 5.75 Å². The van der Waals surface area contributed by atoms with Crippen LogP contribution in [0.4, 0.5) is 8.78 Å². The number of pyridine rings is 1. The summed E-state index contributed by atoms with van der Waals surface area (Å²) in [5.41, 5.74) is 1.88. The Bertz CT molecular complexity index is 2970. The molecule has 1 unspecified atom stereocenters. The number of thioether (sulfide) groups is 1. The Morgan fingerprint density at radius 1 is 0.685 bits per heavy atom. The molecule has 0 aliphatic carbocycles. The molecule has 0 saturated carbocycles. The molecular formula is C62H86F2IN13O13S. The van der Waals surface area contributed by atoms with Crippen molar-refractivity contribution >= 4 is 98.6 Å². The van der Waals surface area contributed by atoms with Crippen LogP contribution in [-0.4, -0.2) is 282 Å². The van der Waals surface area contributed by atoms with E-state index in [-0.39, 0.29) is 102 Å². The van der Waals surface area contributed by atoms with Gasteiger partial charge in [-0.1, -0.05) is 18.6 Å². The van der Waals surface area contributed by atoms with Gasteiger partial charge in [0, 0.05) is 138 Å². The predicted octanol–water partition coefficient (Wildman–Crippen LogP) is 2.14. The van der Waals surface area contributed by atoms with Crippen molar-refractivity contribution in [3.8, 4) is 11.8 Å². The molecule has 2 aromatic carbocycles. The Labute approximate surface area is 552 Å². The van der Waals surface area contributed by atoms with Gasteiger partial charge < -0.3 is 51.1 Å². The highest BCUT2D eigenvalue weighted by Crippen LogP contribution is 2.32. The lowest BCUT2D eigenvalue weighted by Gasteiger charge is -2.34. The number of rotatable bonds is 34. The first-order valence-electron chi connectivity index (χ1n) is 31.2. The van der Waals surface area contributed by atoms with Gasteiger partial charge in [-0.25, -0.2) is 8.78 Å². The van der Waals surface area contributed by atoms with Gasteiger partial charge in [-0.05, 0) is 110 Å². The molecule has 3 aliphatic rings. The number of likely N-dealkylation sites (tertiary alicyclic amines) is 1. The van der Waals surface area contributed by atoms with Crippen LogP contribution in [-0.2, 0) is 44.8 Å². The lowest BCUT2D eigenvalue weighted by Crippen LogP contribution is -2.53. The van der Waals surface area contributed by atoms with E-state index in [0.717, 1.165) is 52.9 Å². The summed E-state index contributed by atoms with van der Waals surface area (Å²) in [7, 11) is 0. The minimum absolute atomic E-state index is 0.0618. The number of aromatic nitrogens is 1. The van der Waals surface area contributed by atoms with Gasteiger partial charge in [0.1, 0.15) is 17.8 Å². The van der Waals surface area contributed by atoms with Gasteiger partial charge >= 0.3 is 17.9 Å². The standard InChI is InChI=1S/C62H86F2IN13O13S/c63-62(64)36-47(37-66)78(44-62)56(82)38-70-60(89)49-16-18-67-51-15-14-48(35-50(49)51)91-33-5-4-20-72-29-31-77(32-30-72)55(81)9-2-1-3-17-69-61(90)52(43-92-34-19-68-53(79)8-6-7-45-10-12-46(65)13-11-45)71-54(80)39-73-21-23-74(40-57(83)84)25-27-76(42-59(87)88)28-26-75(24-22-73)41-58(85)86/h10-16,18,35,47,52H,1-9,17,19-34,36,38-44H2,(H,68,79)(H,69,90)(H,70,89)(H,71,80)(H,83,84)(H,85,86)(H,87,88)/t47-,52?/m1/s1. The largest absolute Gasteiger partial charge is 0.494 e. The Kier molecular flexibility index (Phi) is 31.4. The smallest absolute Gasteiger partial charge is 0.317 e. The maximum atomic E-state index is 13.9.